The van der Waals surface area contributed by atoms with Gasteiger partial charge >= 0.3 is 7.82 Å². The smallest absolute Gasteiger partial charge is 0.404 e. The Kier molecular flexibility index (Phi) is 2.49. The molecule has 0 radical (unpaired) electrons. The van der Waals surface area contributed by atoms with Crippen LogP contribution in [0.3, 0.4) is 0 Å². The molecule has 0 unspecified atom stereocenters. The van der Waals surface area contributed by atoms with E-state index in [1.807, 2.05) is 24.3 Å². The maximum Gasteiger partial charge on any atom is 0.524 e. The van der Waals surface area contributed by atoms with E-state index >= 15 is 0 Å². The van der Waals surface area contributed by atoms with E-state index in [2.05, 4.69) is 4.52 Å². The van der Waals surface area contributed by atoms with Crippen LogP contribution in [0.25, 0.3) is 10.8 Å². The molecule has 0 fully saturated rings. The third kappa shape index (κ3) is 2.57. The number of phosphoric acid groups is 1. The number of benzene rings is 2. The highest BCUT2D eigenvalue weighted by atomic mass is 31.2. The second-order valence-electron chi connectivity index (χ2n) is 3.09. The highest BCUT2D eigenvalue weighted by molar-refractivity contribution is 7.46. The average molecular weight is 224 g/mol. The first-order valence-corrected chi connectivity index (χ1v) is 5.81. The minimum absolute atomic E-state index is 0.169. The molecule has 4 nitrogen and oxygen atoms in total. The summed E-state index contributed by atoms with van der Waals surface area (Å²) in [4.78, 5) is 17.3. The number of fused-ring (bicyclic) bond motifs is 1. The maximum atomic E-state index is 10.6. The highest BCUT2D eigenvalue weighted by Crippen LogP contribution is 2.38. The van der Waals surface area contributed by atoms with E-state index in [-0.39, 0.29) is 5.75 Å². The summed E-state index contributed by atoms with van der Waals surface area (Å²) in [6.07, 6.45) is 0. The predicted molar refractivity (Wildman–Crippen MR) is 56.6 cm³/mol. The molecule has 0 bridgehead atoms. The van der Waals surface area contributed by atoms with E-state index in [0.717, 1.165) is 10.8 Å². The van der Waals surface area contributed by atoms with Gasteiger partial charge in [-0.15, -0.1) is 0 Å². The summed E-state index contributed by atoms with van der Waals surface area (Å²) in [7, 11) is -4.47. The van der Waals surface area contributed by atoms with Crippen molar-refractivity contribution in [3.63, 3.8) is 0 Å². The normalized spacial score (nSPS) is 11.6. The van der Waals surface area contributed by atoms with Crippen LogP contribution in [0, 0.1) is 0 Å². The van der Waals surface area contributed by atoms with Crippen molar-refractivity contribution in [1.82, 2.24) is 0 Å². The van der Waals surface area contributed by atoms with Crippen LogP contribution in [0.4, 0.5) is 0 Å². The van der Waals surface area contributed by atoms with Crippen molar-refractivity contribution in [3.05, 3.63) is 42.5 Å². The molecule has 15 heavy (non-hydrogen) atoms. The summed E-state index contributed by atoms with van der Waals surface area (Å²) >= 11 is 0. The summed E-state index contributed by atoms with van der Waals surface area (Å²) in [5.74, 6) is 0.169. The van der Waals surface area contributed by atoms with Crippen LogP contribution in [0.5, 0.6) is 5.75 Å². The predicted octanol–water partition coefficient (Wildman–Crippen LogP) is 2.31. The maximum absolute atomic E-state index is 10.6. The van der Waals surface area contributed by atoms with Crippen molar-refractivity contribution in [2.75, 3.05) is 0 Å². The largest absolute Gasteiger partial charge is 0.524 e. The molecule has 5 heteroatoms. The van der Waals surface area contributed by atoms with Crippen LogP contribution < -0.4 is 4.52 Å². The quantitative estimate of drug-likeness (QED) is 0.768. The van der Waals surface area contributed by atoms with E-state index in [1.165, 1.54) is 6.07 Å². The fraction of sp³-hybridized carbons (Fsp3) is 0. The van der Waals surface area contributed by atoms with Crippen molar-refractivity contribution in [2.45, 2.75) is 0 Å². The second-order valence-corrected chi connectivity index (χ2v) is 4.25. The Hall–Kier alpha value is -1.35. The molecule has 0 atom stereocenters. The Morgan fingerprint density at radius 1 is 1.00 bits per heavy atom. The van der Waals surface area contributed by atoms with Gasteiger partial charge in [-0.2, -0.15) is 0 Å². The number of hydrogen-bond acceptors (Lipinski definition) is 2. The highest BCUT2D eigenvalue weighted by Gasteiger charge is 2.15. The van der Waals surface area contributed by atoms with Crippen LogP contribution in [-0.2, 0) is 4.57 Å². The molecular weight excluding hydrogens is 215 g/mol. The Labute approximate surface area is 86.4 Å². The van der Waals surface area contributed by atoms with E-state index < -0.39 is 7.82 Å². The molecule has 0 aliphatic heterocycles. The summed E-state index contributed by atoms with van der Waals surface area (Å²) < 4.78 is 15.1. The zero-order chi connectivity index (χ0) is 10.9. The zero-order valence-electron chi connectivity index (χ0n) is 7.70. The first-order chi connectivity index (χ1) is 7.04. The molecule has 2 aromatic carbocycles. The van der Waals surface area contributed by atoms with Gasteiger partial charge in [0.05, 0.1) is 0 Å². The van der Waals surface area contributed by atoms with Gasteiger partial charge in [0, 0.05) is 0 Å². The molecule has 2 rings (SSSR count). The first-order valence-electron chi connectivity index (χ1n) is 4.28. The van der Waals surface area contributed by atoms with Crippen LogP contribution >= 0.6 is 7.82 Å². The standard InChI is InChI=1S/C10H9O4P/c11-15(12,13)14-10-6-5-8-3-1-2-4-9(8)7-10/h1-7H,(H2,11,12,13). The SMILES string of the molecule is O=P(O)(O)Oc1ccc2ccccc2c1. The van der Waals surface area contributed by atoms with E-state index in [4.69, 9.17) is 9.79 Å². The minimum Gasteiger partial charge on any atom is -0.404 e. The van der Waals surface area contributed by atoms with E-state index in [9.17, 15) is 4.57 Å². The molecule has 0 saturated heterocycles. The lowest BCUT2D eigenvalue weighted by atomic mass is 10.1. The van der Waals surface area contributed by atoms with Crippen LogP contribution in [-0.4, -0.2) is 9.79 Å². The second kappa shape index (κ2) is 3.66. The molecule has 0 amide bonds. The lowest BCUT2D eigenvalue weighted by molar-refractivity contribution is 0.283. The Morgan fingerprint density at radius 2 is 1.67 bits per heavy atom. The Balaban J connectivity index is 2.43. The van der Waals surface area contributed by atoms with Crippen LogP contribution in [0.1, 0.15) is 0 Å². The molecule has 2 N–H and O–H groups in total. The Bertz CT molecular complexity index is 532. The fourth-order valence-electron chi connectivity index (χ4n) is 1.36. The lowest BCUT2D eigenvalue weighted by Crippen LogP contribution is -1.89. The first kappa shape index (κ1) is 10.2. The van der Waals surface area contributed by atoms with Crippen molar-refractivity contribution < 1.29 is 18.9 Å². The molecule has 0 aromatic heterocycles. The minimum atomic E-state index is -4.47. The van der Waals surface area contributed by atoms with Gasteiger partial charge in [0.2, 0.25) is 0 Å². The third-order valence-corrected chi connectivity index (χ3v) is 2.39. The van der Waals surface area contributed by atoms with Gasteiger partial charge in [-0.3, -0.25) is 9.79 Å². The van der Waals surface area contributed by atoms with Crippen molar-refractivity contribution in [1.29, 1.82) is 0 Å². The monoisotopic (exact) mass is 224 g/mol. The zero-order valence-corrected chi connectivity index (χ0v) is 8.59. The Morgan fingerprint density at radius 3 is 2.33 bits per heavy atom. The van der Waals surface area contributed by atoms with Crippen molar-refractivity contribution in [3.8, 4) is 5.75 Å². The molecule has 78 valence electrons. The van der Waals surface area contributed by atoms with Gasteiger partial charge in [-0.1, -0.05) is 30.3 Å². The average Bonchev–Trinajstić information content (AvgIpc) is 2.15. The number of phosphoric ester groups is 1. The molecule has 2 aromatic rings. The topological polar surface area (TPSA) is 66.8 Å². The molecule has 0 aliphatic carbocycles. The summed E-state index contributed by atoms with van der Waals surface area (Å²) in [6.45, 7) is 0. The van der Waals surface area contributed by atoms with E-state index in [0.29, 0.717) is 0 Å². The molecule has 0 saturated carbocycles. The number of hydrogen-bond donors (Lipinski definition) is 2. The van der Waals surface area contributed by atoms with Crippen LogP contribution in [0.2, 0.25) is 0 Å². The molecule has 0 heterocycles. The molecule has 0 spiro atoms. The summed E-state index contributed by atoms with van der Waals surface area (Å²) in [5, 5.41) is 1.87. The van der Waals surface area contributed by atoms with E-state index in [1.54, 1.807) is 12.1 Å². The van der Waals surface area contributed by atoms with Crippen LogP contribution in [0.15, 0.2) is 42.5 Å². The van der Waals surface area contributed by atoms with Gasteiger partial charge < -0.3 is 4.52 Å². The number of rotatable bonds is 2. The molecule has 0 aliphatic rings. The van der Waals surface area contributed by atoms with Gasteiger partial charge in [-0.05, 0) is 22.9 Å². The fourth-order valence-corrected chi connectivity index (χ4v) is 1.75. The van der Waals surface area contributed by atoms with Gasteiger partial charge in [0.1, 0.15) is 5.75 Å². The van der Waals surface area contributed by atoms with Gasteiger partial charge in [0.15, 0.2) is 0 Å². The molecular formula is C10H9O4P. The van der Waals surface area contributed by atoms with Gasteiger partial charge in [-0.25, -0.2) is 4.57 Å². The van der Waals surface area contributed by atoms with Gasteiger partial charge in [0.25, 0.3) is 0 Å². The lowest BCUT2D eigenvalue weighted by Gasteiger charge is -2.07. The summed E-state index contributed by atoms with van der Waals surface area (Å²) in [6, 6.07) is 12.4. The van der Waals surface area contributed by atoms with Crippen molar-refractivity contribution in [2.24, 2.45) is 0 Å². The van der Waals surface area contributed by atoms with Crippen molar-refractivity contribution >= 4 is 18.6 Å². The summed E-state index contributed by atoms with van der Waals surface area (Å²) in [5.41, 5.74) is 0. The third-order valence-electron chi connectivity index (χ3n) is 1.95.